The standard InChI is InChI=1S/C22H20FN3O/c1-15-21(25-22(27-15)19-8-3-4-9-20(19)23)14-26(2)13-17-7-5-6-16-12-24-11-10-18(16)17/h3-12H,13-14H2,1-2H3. The van der Waals surface area contributed by atoms with E-state index in [-0.39, 0.29) is 5.82 Å². The van der Waals surface area contributed by atoms with E-state index in [0.29, 0.717) is 23.8 Å². The molecule has 5 heteroatoms. The molecule has 0 saturated heterocycles. The number of aromatic nitrogens is 2. The molecule has 2 aromatic heterocycles. The van der Waals surface area contributed by atoms with Crippen LogP contribution in [0.15, 0.2) is 65.3 Å². The molecule has 0 atom stereocenters. The van der Waals surface area contributed by atoms with Crippen molar-refractivity contribution in [2.24, 2.45) is 0 Å². The Morgan fingerprint density at radius 2 is 1.89 bits per heavy atom. The first-order valence-electron chi connectivity index (χ1n) is 8.83. The molecule has 0 fully saturated rings. The van der Waals surface area contributed by atoms with Gasteiger partial charge in [0.15, 0.2) is 0 Å². The Kier molecular flexibility index (Phi) is 4.69. The molecule has 2 aromatic carbocycles. The van der Waals surface area contributed by atoms with Crippen LogP contribution in [0.5, 0.6) is 0 Å². The number of fused-ring (bicyclic) bond motifs is 1. The molecule has 0 aliphatic carbocycles. The van der Waals surface area contributed by atoms with Crippen molar-refractivity contribution in [1.29, 1.82) is 0 Å². The lowest BCUT2D eigenvalue weighted by molar-refractivity contribution is 0.314. The van der Waals surface area contributed by atoms with Crippen molar-refractivity contribution in [1.82, 2.24) is 14.9 Å². The molecule has 27 heavy (non-hydrogen) atoms. The Morgan fingerprint density at radius 3 is 2.74 bits per heavy atom. The molecule has 0 amide bonds. The zero-order valence-electron chi connectivity index (χ0n) is 15.3. The van der Waals surface area contributed by atoms with Gasteiger partial charge in [0.05, 0.1) is 11.3 Å². The van der Waals surface area contributed by atoms with E-state index in [0.717, 1.165) is 17.6 Å². The fourth-order valence-corrected chi connectivity index (χ4v) is 3.25. The molecule has 4 aromatic rings. The number of oxazole rings is 1. The van der Waals surface area contributed by atoms with Crippen LogP contribution in [0.2, 0.25) is 0 Å². The number of halogens is 1. The Labute approximate surface area is 157 Å². The minimum Gasteiger partial charge on any atom is -0.441 e. The highest BCUT2D eigenvalue weighted by Crippen LogP contribution is 2.25. The van der Waals surface area contributed by atoms with Gasteiger partial charge in [-0.15, -0.1) is 0 Å². The molecule has 0 bridgehead atoms. The molecule has 0 aliphatic rings. The summed E-state index contributed by atoms with van der Waals surface area (Å²) in [7, 11) is 2.04. The topological polar surface area (TPSA) is 42.2 Å². The summed E-state index contributed by atoms with van der Waals surface area (Å²) >= 11 is 0. The van der Waals surface area contributed by atoms with Crippen LogP contribution < -0.4 is 0 Å². The van der Waals surface area contributed by atoms with Crippen molar-refractivity contribution in [2.75, 3.05) is 7.05 Å². The van der Waals surface area contributed by atoms with E-state index in [2.05, 4.69) is 27.0 Å². The minimum absolute atomic E-state index is 0.324. The SMILES string of the molecule is Cc1oc(-c2ccccc2F)nc1CN(C)Cc1cccc2cnccc12. The monoisotopic (exact) mass is 361 g/mol. The van der Waals surface area contributed by atoms with E-state index in [4.69, 9.17) is 4.42 Å². The van der Waals surface area contributed by atoms with Gasteiger partial charge in [0, 0.05) is 30.9 Å². The predicted octanol–water partition coefficient (Wildman–Crippen LogP) is 4.97. The van der Waals surface area contributed by atoms with Crippen LogP contribution in [0.25, 0.3) is 22.2 Å². The summed E-state index contributed by atoms with van der Waals surface area (Å²) in [5.41, 5.74) is 2.43. The van der Waals surface area contributed by atoms with E-state index in [1.165, 1.54) is 17.0 Å². The molecule has 0 saturated carbocycles. The second kappa shape index (κ2) is 7.29. The third kappa shape index (κ3) is 3.59. The highest BCUT2D eigenvalue weighted by atomic mass is 19.1. The van der Waals surface area contributed by atoms with Crippen LogP contribution in [-0.2, 0) is 13.1 Å². The van der Waals surface area contributed by atoms with Gasteiger partial charge >= 0.3 is 0 Å². The maximum Gasteiger partial charge on any atom is 0.229 e. The molecular formula is C22H20FN3O. The number of rotatable bonds is 5. The number of pyridine rings is 1. The van der Waals surface area contributed by atoms with Crippen molar-refractivity contribution in [3.63, 3.8) is 0 Å². The fraction of sp³-hybridized carbons (Fsp3) is 0.182. The van der Waals surface area contributed by atoms with Crippen molar-refractivity contribution in [3.8, 4) is 11.5 Å². The van der Waals surface area contributed by atoms with Gasteiger partial charge in [-0.05, 0) is 43.1 Å². The van der Waals surface area contributed by atoms with E-state index >= 15 is 0 Å². The zero-order chi connectivity index (χ0) is 18.8. The van der Waals surface area contributed by atoms with Gasteiger partial charge < -0.3 is 4.42 Å². The van der Waals surface area contributed by atoms with Crippen LogP contribution in [0, 0.1) is 12.7 Å². The zero-order valence-corrected chi connectivity index (χ0v) is 15.3. The van der Waals surface area contributed by atoms with Gasteiger partial charge in [-0.25, -0.2) is 9.37 Å². The molecule has 4 rings (SSSR count). The third-order valence-corrected chi connectivity index (χ3v) is 4.63. The van der Waals surface area contributed by atoms with Crippen LogP contribution in [-0.4, -0.2) is 21.9 Å². The van der Waals surface area contributed by atoms with Gasteiger partial charge in [0.1, 0.15) is 11.6 Å². The lowest BCUT2D eigenvalue weighted by Crippen LogP contribution is -2.18. The normalized spacial score (nSPS) is 11.4. The summed E-state index contributed by atoms with van der Waals surface area (Å²) in [6.45, 7) is 3.25. The van der Waals surface area contributed by atoms with E-state index < -0.39 is 0 Å². The van der Waals surface area contributed by atoms with E-state index in [1.807, 2.05) is 38.5 Å². The summed E-state index contributed by atoms with van der Waals surface area (Å²) < 4.78 is 19.7. The first kappa shape index (κ1) is 17.4. The maximum absolute atomic E-state index is 14.0. The Morgan fingerprint density at radius 1 is 1.04 bits per heavy atom. The second-order valence-electron chi connectivity index (χ2n) is 6.69. The van der Waals surface area contributed by atoms with Crippen molar-refractivity contribution < 1.29 is 8.81 Å². The van der Waals surface area contributed by atoms with Gasteiger partial charge in [-0.1, -0.05) is 30.3 Å². The first-order chi connectivity index (χ1) is 13.1. The van der Waals surface area contributed by atoms with Crippen molar-refractivity contribution in [2.45, 2.75) is 20.0 Å². The number of nitrogens with zero attached hydrogens (tertiary/aromatic N) is 3. The number of hydrogen-bond donors (Lipinski definition) is 0. The quantitative estimate of drug-likeness (QED) is 0.503. The van der Waals surface area contributed by atoms with Crippen molar-refractivity contribution >= 4 is 10.8 Å². The number of aryl methyl sites for hydroxylation is 1. The third-order valence-electron chi connectivity index (χ3n) is 4.63. The molecule has 2 heterocycles. The van der Waals surface area contributed by atoms with Gasteiger partial charge in [-0.3, -0.25) is 9.88 Å². The summed E-state index contributed by atoms with van der Waals surface area (Å²) in [5, 5.41) is 2.33. The predicted molar refractivity (Wildman–Crippen MR) is 104 cm³/mol. The lowest BCUT2D eigenvalue weighted by Gasteiger charge is -2.17. The van der Waals surface area contributed by atoms with E-state index in [9.17, 15) is 4.39 Å². The van der Waals surface area contributed by atoms with Crippen LogP contribution in [0.1, 0.15) is 17.0 Å². The van der Waals surface area contributed by atoms with Gasteiger partial charge in [0.25, 0.3) is 0 Å². The number of benzene rings is 2. The van der Waals surface area contributed by atoms with Gasteiger partial charge in [0.2, 0.25) is 5.89 Å². The Bertz CT molecular complexity index is 1080. The molecule has 136 valence electrons. The summed E-state index contributed by atoms with van der Waals surface area (Å²) in [4.78, 5) is 10.9. The smallest absolute Gasteiger partial charge is 0.229 e. The Balaban J connectivity index is 1.55. The molecule has 0 radical (unpaired) electrons. The summed E-state index contributed by atoms with van der Waals surface area (Å²) in [5.74, 6) is 0.704. The largest absolute Gasteiger partial charge is 0.441 e. The average molecular weight is 361 g/mol. The first-order valence-corrected chi connectivity index (χ1v) is 8.83. The molecule has 0 unspecified atom stereocenters. The molecule has 0 spiro atoms. The summed E-state index contributed by atoms with van der Waals surface area (Å²) in [6.07, 6.45) is 3.69. The van der Waals surface area contributed by atoms with Gasteiger partial charge in [-0.2, -0.15) is 0 Å². The maximum atomic E-state index is 14.0. The van der Waals surface area contributed by atoms with Crippen LogP contribution >= 0.6 is 0 Å². The lowest BCUT2D eigenvalue weighted by atomic mass is 10.1. The highest BCUT2D eigenvalue weighted by molar-refractivity contribution is 5.84. The highest BCUT2D eigenvalue weighted by Gasteiger charge is 2.16. The number of hydrogen-bond acceptors (Lipinski definition) is 4. The molecule has 4 nitrogen and oxygen atoms in total. The molecule has 0 aliphatic heterocycles. The van der Waals surface area contributed by atoms with Crippen LogP contribution in [0.4, 0.5) is 4.39 Å². The average Bonchev–Trinajstić information content (AvgIpc) is 3.02. The fourth-order valence-electron chi connectivity index (χ4n) is 3.25. The van der Waals surface area contributed by atoms with E-state index in [1.54, 1.807) is 18.2 Å². The Hall–Kier alpha value is -3.05. The second-order valence-corrected chi connectivity index (χ2v) is 6.69. The van der Waals surface area contributed by atoms with Crippen molar-refractivity contribution in [3.05, 3.63) is 83.8 Å². The summed E-state index contributed by atoms with van der Waals surface area (Å²) in [6, 6.07) is 14.8. The molecular weight excluding hydrogens is 341 g/mol. The minimum atomic E-state index is -0.331. The molecule has 0 N–H and O–H groups in total. The van der Waals surface area contributed by atoms with Crippen LogP contribution in [0.3, 0.4) is 0 Å².